The lowest BCUT2D eigenvalue weighted by Gasteiger charge is -2.07. The molecular formula is C16H13N3O. The van der Waals surface area contributed by atoms with Crippen molar-refractivity contribution in [3.63, 3.8) is 0 Å². The van der Waals surface area contributed by atoms with Crippen molar-refractivity contribution in [2.24, 2.45) is 0 Å². The quantitative estimate of drug-likeness (QED) is 0.875. The Bertz CT molecular complexity index is 699. The summed E-state index contributed by atoms with van der Waals surface area (Å²) in [6.45, 7) is 0.927. The number of fused-ring (bicyclic) bond motifs is 1. The predicted molar refractivity (Wildman–Crippen MR) is 77.7 cm³/mol. The van der Waals surface area contributed by atoms with E-state index in [-0.39, 0.29) is 5.91 Å². The summed E-state index contributed by atoms with van der Waals surface area (Å²) in [6.07, 6.45) is 0.952. The van der Waals surface area contributed by atoms with E-state index in [9.17, 15) is 4.79 Å². The number of hydrogen-bond donors (Lipinski definition) is 2. The Morgan fingerprint density at radius 1 is 1.20 bits per heavy atom. The molecule has 2 N–H and O–H groups in total. The molecule has 0 fully saturated rings. The van der Waals surface area contributed by atoms with Crippen LogP contribution in [0.4, 0.5) is 11.4 Å². The number of rotatable bonds is 2. The molecule has 4 nitrogen and oxygen atoms in total. The molecule has 0 aromatic heterocycles. The highest BCUT2D eigenvalue weighted by atomic mass is 16.1. The summed E-state index contributed by atoms with van der Waals surface area (Å²) in [5.41, 5.74) is 4.20. The van der Waals surface area contributed by atoms with E-state index in [1.54, 1.807) is 24.3 Å². The van der Waals surface area contributed by atoms with Crippen molar-refractivity contribution in [3.8, 4) is 6.07 Å². The van der Waals surface area contributed by atoms with Crippen molar-refractivity contribution in [1.82, 2.24) is 0 Å². The summed E-state index contributed by atoms with van der Waals surface area (Å²) in [5, 5.41) is 14.8. The molecule has 0 radical (unpaired) electrons. The van der Waals surface area contributed by atoms with Crippen LogP contribution in [0.1, 0.15) is 21.5 Å². The minimum Gasteiger partial charge on any atom is -0.384 e. The van der Waals surface area contributed by atoms with Gasteiger partial charge in [-0.25, -0.2) is 0 Å². The molecule has 4 heteroatoms. The van der Waals surface area contributed by atoms with Gasteiger partial charge in [0.05, 0.1) is 11.6 Å². The monoisotopic (exact) mass is 263 g/mol. The average molecular weight is 263 g/mol. The number of nitrogens with one attached hydrogen (secondary N) is 2. The second-order valence-electron chi connectivity index (χ2n) is 4.69. The first-order valence-corrected chi connectivity index (χ1v) is 6.44. The molecule has 98 valence electrons. The first kappa shape index (κ1) is 12.2. The maximum absolute atomic E-state index is 12.2. The molecule has 0 bridgehead atoms. The van der Waals surface area contributed by atoms with Crippen LogP contribution in [0.5, 0.6) is 0 Å². The van der Waals surface area contributed by atoms with E-state index in [1.165, 1.54) is 5.56 Å². The topological polar surface area (TPSA) is 64.9 Å². The molecule has 0 saturated carbocycles. The van der Waals surface area contributed by atoms with Gasteiger partial charge in [0.1, 0.15) is 0 Å². The molecule has 0 spiro atoms. The van der Waals surface area contributed by atoms with Gasteiger partial charge in [-0.15, -0.1) is 0 Å². The Labute approximate surface area is 117 Å². The van der Waals surface area contributed by atoms with Crippen LogP contribution < -0.4 is 10.6 Å². The van der Waals surface area contributed by atoms with Gasteiger partial charge in [0.25, 0.3) is 5.91 Å². The first-order valence-electron chi connectivity index (χ1n) is 6.44. The number of hydrogen-bond acceptors (Lipinski definition) is 3. The highest BCUT2D eigenvalue weighted by Gasteiger charge is 2.13. The van der Waals surface area contributed by atoms with E-state index in [0.717, 1.165) is 18.7 Å². The summed E-state index contributed by atoms with van der Waals surface area (Å²) in [7, 11) is 0. The summed E-state index contributed by atoms with van der Waals surface area (Å²) in [4.78, 5) is 12.2. The van der Waals surface area contributed by atoms with Gasteiger partial charge < -0.3 is 10.6 Å². The third kappa shape index (κ3) is 2.34. The van der Waals surface area contributed by atoms with Crippen molar-refractivity contribution < 1.29 is 4.79 Å². The Kier molecular flexibility index (Phi) is 3.10. The van der Waals surface area contributed by atoms with Crippen molar-refractivity contribution in [2.75, 3.05) is 17.2 Å². The van der Waals surface area contributed by atoms with Gasteiger partial charge in [-0.05, 0) is 54.4 Å². The zero-order valence-corrected chi connectivity index (χ0v) is 10.8. The van der Waals surface area contributed by atoms with E-state index >= 15 is 0 Å². The average Bonchev–Trinajstić information content (AvgIpc) is 2.95. The molecule has 1 heterocycles. The third-order valence-electron chi connectivity index (χ3n) is 3.35. The molecule has 2 aromatic rings. The summed E-state index contributed by atoms with van der Waals surface area (Å²) in [5.74, 6) is -0.135. The molecule has 1 aliphatic rings. The van der Waals surface area contributed by atoms with Gasteiger partial charge >= 0.3 is 0 Å². The highest BCUT2D eigenvalue weighted by Crippen LogP contribution is 2.23. The molecule has 20 heavy (non-hydrogen) atoms. The highest BCUT2D eigenvalue weighted by molar-refractivity contribution is 6.04. The lowest BCUT2D eigenvalue weighted by atomic mass is 10.1. The zero-order chi connectivity index (χ0) is 13.9. The van der Waals surface area contributed by atoms with Gasteiger partial charge in [-0.3, -0.25) is 4.79 Å². The Morgan fingerprint density at radius 3 is 2.75 bits per heavy atom. The number of carbonyl (C=O) groups is 1. The van der Waals surface area contributed by atoms with Gasteiger partial charge in [0, 0.05) is 23.5 Å². The van der Waals surface area contributed by atoms with Crippen LogP contribution in [-0.2, 0) is 6.42 Å². The van der Waals surface area contributed by atoms with Gasteiger partial charge in [-0.2, -0.15) is 5.26 Å². The lowest BCUT2D eigenvalue weighted by Crippen LogP contribution is -2.12. The Balaban J connectivity index is 1.77. The fourth-order valence-electron chi connectivity index (χ4n) is 2.28. The lowest BCUT2D eigenvalue weighted by molar-refractivity contribution is 0.102. The van der Waals surface area contributed by atoms with Crippen LogP contribution in [0.25, 0.3) is 0 Å². The summed E-state index contributed by atoms with van der Waals surface area (Å²) in [6, 6.07) is 14.5. The minimum atomic E-state index is -0.135. The fraction of sp³-hybridized carbons (Fsp3) is 0.125. The third-order valence-corrected chi connectivity index (χ3v) is 3.35. The minimum absolute atomic E-state index is 0.135. The molecular weight excluding hydrogens is 250 g/mol. The van der Waals surface area contributed by atoms with E-state index in [2.05, 4.69) is 10.6 Å². The number of anilines is 2. The van der Waals surface area contributed by atoms with Gasteiger partial charge in [0.15, 0.2) is 0 Å². The van der Waals surface area contributed by atoms with E-state index in [1.807, 2.05) is 24.3 Å². The molecule has 2 aromatic carbocycles. The second-order valence-corrected chi connectivity index (χ2v) is 4.69. The van der Waals surface area contributed by atoms with Crippen LogP contribution >= 0.6 is 0 Å². The van der Waals surface area contributed by atoms with Crippen LogP contribution in [0, 0.1) is 11.3 Å². The predicted octanol–water partition coefficient (Wildman–Crippen LogP) is 2.78. The standard InChI is InChI=1S/C16H13N3O/c17-10-11-1-4-14(5-2-11)19-16(20)13-3-6-15-12(9-13)7-8-18-15/h1-6,9,18H,7-8H2,(H,19,20). The number of nitrogens with zero attached hydrogens (tertiary/aromatic N) is 1. The normalized spacial score (nSPS) is 12.2. The zero-order valence-electron chi connectivity index (χ0n) is 10.8. The smallest absolute Gasteiger partial charge is 0.255 e. The van der Waals surface area contributed by atoms with Gasteiger partial charge in [-0.1, -0.05) is 0 Å². The molecule has 1 amide bonds. The van der Waals surface area contributed by atoms with Gasteiger partial charge in [0.2, 0.25) is 0 Å². The maximum Gasteiger partial charge on any atom is 0.255 e. The number of nitriles is 1. The molecule has 0 saturated heterocycles. The van der Waals surface area contributed by atoms with Crippen molar-refractivity contribution in [2.45, 2.75) is 6.42 Å². The van der Waals surface area contributed by atoms with Crippen LogP contribution in [0.15, 0.2) is 42.5 Å². The van der Waals surface area contributed by atoms with E-state index in [0.29, 0.717) is 16.8 Å². The molecule has 0 aliphatic carbocycles. The SMILES string of the molecule is N#Cc1ccc(NC(=O)c2ccc3c(c2)CCN3)cc1. The van der Waals surface area contributed by atoms with Crippen molar-refractivity contribution in [1.29, 1.82) is 5.26 Å². The van der Waals surface area contributed by atoms with Crippen molar-refractivity contribution in [3.05, 3.63) is 59.2 Å². The fourth-order valence-corrected chi connectivity index (χ4v) is 2.28. The maximum atomic E-state index is 12.2. The van der Waals surface area contributed by atoms with E-state index < -0.39 is 0 Å². The number of carbonyl (C=O) groups excluding carboxylic acids is 1. The van der Waals surface area contributed by atoms with E-state index in [4.69, 9.17) is 5.26 Å². The van der Waals surface area contributed by atoms with Crippen LogP contribution in [-0.4, -0.2) is 12.5 Å². The summed E-state index contributed by atoms with van der Waals surface area (Å²) < 4.78 is 0. The van der Waals surface area contributed by atoms with Crippen molar-refractivity contribution >= 4 is 17.3 Å². The number of benzene rings is 2. The second kappa shape index (κ2) is 5.06. The molecule has 3 rings (SSSR count). The Morgan fingerprint density at radius 2 is 2.00 bits per heavy atom. The van der Waals surface area contributed by atoms with Crippen LogP contribution in [0.2, 0.25) is 0 Å². The largest absolute Gasteiger partial charge is 0.384 e. The Hall–Kier alpha value is -2.80. The first-order chi connectivity index (χ1) is 9.76. The molecule has 1 aliphatic heterocycles. The summed E-state index contributed by atoms with van der Waals surface area (Å²) >= 11 is 0. The van der Waals surface area contributed by atoms with Crippen LogP contribution in [0.3, 0.4) is 0 Å². The number of amides is 1. The molecule has 0 unspecified atom stereocenters. The molecule has 0 atom stereocenters.